The van der Waals surface area contributed by atoms with Crippen LogP contribution in [0.15, 0.2) is 18.2 Å². The number of ether oxygens (including phenoxy) is 1. The highest BCUT2D eigenvalue weighted by atomic mass is 35.5. The van der Waals surface area contributed by atoms with Gasteiger partial charge in [0.05, 0.1) is 24.1 Å². The summed E-state index contributed by atoms with van der Waals surface area (Å²) in [7, 11) is -2.13. The van der Waals surface area contributed by atoms with Crippen LogP contribution in [0.4, 0.5) is 5.69 Å². The monoisotopic (exact) mass is 320 g/mol. The third-order valence-electron chi connectivity index (χ3n) is 2.48. The first-order chi connectivity index (χ1) is 9.29. The SMILES string of the molecule is CCNC(=O)CN(c1ccc(OC)c(Cl)c1)S(C)(=O)=O. The minimum absolute atomic E-state index is 0.273. The maximum absolute atomic E-state index is 11.8. The van der Waals surface area contributed by atoms with E-state index in [1.165, 1.54) is 19.2 Å². The number of likely N-dealkylation sites (N-methyl/N-ethyl adjacent to an activating group) is 1. The average Bonchev–Trinajstić information content (AvgIpc) is 2.35. The number of anilines is 1. The van der Waals surface area contributed by atoms with Gasteiger partial charge >= 0.3 is 0 Å². The largest absolute Gasteiger partial charge is 0.495 e. The zero-order valence-electron chi connectivity index (χ0n) is 11.5. The van der Waals surface area contributed by atoms with Gasteiger partial charge in [-0.1, -0.05) is 11.6 Å². The maximum atomic E-state index is 11.8. The van der Waals surface area contributed by atoms with E-state index >= 15 is 0 Å². The highest BCUT2D eigenvalue weighted by Gasteiger charge is 2.21. The molecule has 112 valence electrons. The van der Waals surface area contributed by atoms with Crippen molar-refractivity contribution in [3.63, 3.8) is 0 Å². The molecule has 0 saturated heterocycles. The smallest absolute Gasteiger partial charge is 0.240 e. The van der Waals surface area contributed by atoms with Crippen LogP contribution >= 0.6 is 11.6 Å². The van der Waals surface area contributed by atoms with Crippen molar-refractivity contribution in [3.8, 4) is 5.75 Å². The second-order valence-electron chi connectivity index (χ2n) is 4.04. The molecule has 0 spiro atoms. The van der Waals surface area contributed by atoms with Gasteiger partial charge < -0.3 is 10.1 Å². The van der Waals surface area contributed by atoms with Crippen molar-refractivity contribution in [2.75, 3.05) is 30.8 Å². The normalized spacial score (nSPS) is 11.0. The quantitative estimate of drug-likeness (QED) is 0.856. The van der Waals surface area contributed by atoms with Crippen molar-refractivity contribution in [2.24, 2.45) is 0 Å². The number of halogens is 1. The third kappa shape index (κ3) is 4.28. The number of hydrogen-bond acceptors (Lipinski definition) is 4. The Bertz CT molecular complexity index is 589. The fourth-order valence-electron chi connectivity index (χ4n) is 1.59. The van der Waals surface area contributed by atoms with Gasteiger partial charge in [0.2, 0.25) is 15.9 Å². The summed E-state index contributed by atoms with van der Waals surface area (Å²) in [5.41, 5.74) is 0.310. The third-order valence-corrected chi connectivity index (χ3v) is 3.92. The first kappa shape index (κ1) is 16.6. The van der Waals surface area contributed by atoms with E-state index in [9.17, 15) is 13.2 Å². The van der Waals surface area contributed by atoms with Gasteiger partial charge in [0.25, 0.3) is 0 Å². The Morgan fingerprint density at radius 1 is 1.45 bits per heavy atom. The molecule has 0 aliphatic carbocycles. The Morgan fingerprint density at radius 2 is 2.10 bits per heavy atom. The summed E-state index contributed by atoms with van der Waals surface area (Å²) in [5.74, 6) is 0.0479. The van der Waals surface area contributed by atoms with E-state index in [1.54, 1.807) is 13.0 Å². The summed E-state index contributed by atoms with van der Waals surface area (Å²) >= 11 is 5.97. The Morgan fingerprint density at radius 3 is 2.55 bits per heavy atom. The molecule has 1 aromatic carbocycles. The van der Waals surface area contributed by atoms with E-state index in [0.29, 0.717) is 18.0 Å². The molecule has 20 heavy (non-hydrogen) atoms. The van der Waals surface area contributed by atoms with Crippen molar-refractivity contribution in [1.29, 1.82) is 0 Å². The number of amides is 1. The van der Waals surface area contributed by atoms with E-state index in [2.05, 4.69) is 5.32 Å². The van der Waals surface area contributed by atoms with Crippen LogP contribution in [0.5, 0.6) is 5.75 Å². The number of nitrogens with one attached hydrogen (secondary N) is 1. The van der Waals surface area contributed by atoms with Crippen LogP contribution in [-0.2, 0) is 14.8 Å². The van der Waals surface area contributed by atoms with Crippen molar-refractivity contribution < 1.29 is 17.9 Å². The fourth-order valence-corrected chi connectivity index (χ4v) is 2.69. The fraction of sp³-hybridized carbons (Fsp3) is 0.417. The van der Waals surface area contributed by atoms with Gasteiger partial charge in [-0.3, -0.25) is 9.10 Å². The number of benzene rings is 1. The summed E-state index contributed by atoms with van der Waals surface area (Å²) in [5, 5.41) is 2.83. The molecular formula is C12H17ClN2O4S. The molecule has 0 heterocycles. The number of nitrogens with zero attached hydrogens (tertiary/aromatic N) is 1. The number of sulfonamides is 1. The lowest BCUT2D eigenvalue weighted by Crippen LogP contribution is -2.40. The van der Waals surface area contributed by atoms with Crippen molar-refractivity contribution in [1.82, 2.24) is 5.32 Å². The molecule has 0 fully saturated rings. The lowest BCUT2D eigenvalue weighted by atomic mass is 10.3. The predicted molar refractivity (Wildman–Crippen MR) is 78.9 cm³/mol. The van der Waals surface area contributed by atoms with Gasteiger partial charge in [-0.15, -0.1) is 0 Å². The van der Waals surface area contributed by atoms with E-state index < -0.39 is 10.0 Å². The van der Waals surface area contributed by atoms with E-state index in [-0.39, 0.29) is 17.5 Å². The van der Waals surface area contributed by atoms with Gasteiger partial charge in [0.15, 0.2) is 0 Å². The Labute approximate surface area is 123 Å². The Balaban J connectivity index is 3.12. The van der Waals surface area contributed by atoms with Crippen LogP contribution in [0.2, 0.25) is 5.02 Å². The minimum atomic E-state index is -3.59. The molecule has 0 unspecified atom stereocenters. The molecule has 1 amide bonds. The topological polar surface area (TPSA) is 75.7 Å². The number of rotatable bonds is 6. The maximum Gasteiger partial charge on any atom is 0.240 e. The standard InChI is InChI=1S/C12H17ClN2O4S/c1-4-14-12(16)8-15(20(3,17)18)9-5-6-11(19-2)10(13)7-9/h5-7H,4,8H2,1-3H3,(H,14,16). The number of hydrogen-bond donors (Lipinski definition) is 1. The lowest BCUT2D eigenvalue weighted by molar-refractivity contribution is -0.119. The first-order valence-corrected chi connectivity index (χ1v) is 8.10. The van der Waals surface area contributed by atoms with Crippen LogP contribution < -0.4 is 14.4 Å². The predicted octanol–water partition coefficient (Wildman–Crippen LogP) is 1.25. The zero-order chi connectivity index (χ0) is 15.3. The van der Waals surface area contributed by atoms with Crippen molar-refractivity contribution in [3.05, 3.63) is 23.2 Å². The summed E-state index contributed by atoms with van der Waals surface area (Å²) in [6, 6.07) is 4.53. The molecule has 1 aromatic rings. The molecule has 0 bridgehead atoms. The summed E-state index contributed by atoms with van der Waals surface area (Å²) in [4.78, 5) is 11.6. The van der Waals surface area contributed by atoms with Crippen LogP contribution in [0.1, 0.15) is 6.92 Å². The molecule has 0 aromatic heterocycles. The van der Waals surface area contributed by atoms with Crippen molar-refractivity contribution >= 4 is 33.2 Å². The molecule has 0 radical (unpaired) electrons. The van der Waals surface area contributed by atoms with Crippen LogP contribution in [0.25, 0.3) is 0 Å². The van der Waals surface area contributed by atoms with E-state index in [1.807, 2.05) is 0 Å². The first-order valence-electron chi connectivity index (χ1n) is 5.87. The van der Waals surface area contributed by atoms with Crippen LogP contribution in [0, 0.1) is 0 Å². The highest BCUT2D eigenvalue weighted by molar-refractivity contribution is 7.92. The molecule has 0 aliphatic heterocycles. The second-order valence-corrected chi connectivity index (χ2v) is 6.36. The van der Waals surface area contributed by atoms with Crippen molar-refractivity contribution in [2.45, 2.75) is 6.92 Å². The van der Waals surface area contributed by atoms with Gasteiger partial charge in [-0.25, -0.2) is 8.42 Å². The molecule has 0 atom stereocenters. The lowest BCUT2D eigenvalue weighted by Gasteiger charge is -2.22. The molecule has 0 saturated carbocycles. The van der Waals surface area contributed by atoms with Gasteiger partial charge in [-0.2, -0.15) is 0 Å². The molecule has 8 heteroatoms. The molecular weight excluding hydrogens is 304 g/mol. The molecule has 0 aliphatic rings. The summed E-state index contributed by atoms with van der Waals surface area (Å²) < 4.78 is 29.6. The second kappa shape index (κ2) is 6.81. The highest BCUT2D eigenvalue weighted by Crippen LogP contribution is 2.29. The number of methoxy groups -OCH3 is 1. The number of carbonyl (C=O) groups is 1. The Kier molecular flexibility index (Phi) is 5.64. The van der Waals surface area contributed by atoms with Gasteiger partial charge in [-0.05, 0) is 25.1 Å². The zero-order valence-corrected chi connectivity index (χ0v) is 13.1. The summed E-state index contributed by atoms with van der Waals surface area (Å²) in [6.07, 6.45) is 1.03. The molecule has 1 N–H and O–H groups in total. The van der Waals surface area contributed by atoms with Crippen LogP contribution in [-0.4, -0.2) is 40.8 Å². The summed E-state index contributed by atoms with van der Waals surface area (Å²) in [6.45, 7) is 1.89. The van der Waals surface area contributed by atoms with E-state index in [0.717, 1.165) is 10.6 Å². The molecule has 6 nitrogen and oxygen atoms in total. The van der Waals surface area contributed by atoms with E-state index in [4.69, 9.17) is 16.3 Å². The Hall–Kier alpha value is -1.47. The minimum Gasteiger partial charge on any atom is -0.495 e. The van der Waals surface area contributed by atoms with Gasteiger partial charge in [0.1, 0.15) is 12.3 Å². The number of carbonyl (C=O) groups excluding carboxylic acids is 1. The van der Waals surface area contributed by atoms with Gasteiger partial charge in [0, 0.05) is 6.54 Å². The molecule has 1 rings (SSSR count). The average molecular weight is 321 g/mol. The van der Waals surface area contributed by atoms with Crippen LogP contribution in [0.3, 0.4) is 0 Å².